The lowest BCUT2D eigenvalue weighted by Crippen LogP contribution is -2.56. The van der Waals surface area contributed by atoms with Crippen molar-refractivity contribution in [1.29, 1.82) is 0 Å². The lowest BCUT2D eigenvalue weighted by Gasteiger charge is -2.52. The molecule has 1 saturated carbocycles. The van der Waals surface area contributed by atoms with Gasteiger partial charge in [0.05, 0.1) is 0 Å². The van der Waals surface area contributed by atoms with E-state index in [1.165, 1.54) is 11.3 Å². The second-order valence-electron chi connectivity index (χ2n) is 12.9. The number of esters is 1. The van der Waals surface area contributed by atoms with E-state index in [1.807, 2.05) is 13.0 Å². The van der Waals surface area contributed by atoms with E-state index in [9.17, 15) is 9.18 Å². The number of hydrogen-bond acceptors (Lipinski definition) is 5. The number of rotatable bonds is 10. The molecule has 2 aromatic rings. The summed E-state index contributed by atoms with van der Waals surface area (Å²) in [4.78, 5) is 19.8. The Morgan fingerprint density at radius 2 is 1.77 bits per heavy atom. The number of halogens is 1. The largest absolute Gasteiger partial charge is 0.462 e. The van der Waals surface area contributed by atoms with Gasteiger partial charge >= 0.3 is 5.97 Å². The summed E-state index contributed by atoms with van der Waals surface area (Å²) in [6.07, 6.45) is 5.44. The molecular weight excluding hydrogens is 501 g/mol. The standard InChI is InChI=1S/C34H48FN3O2/c1-5-33(39)40-32-11-7-10-31(32)34(24-36(3)4,28-8-6-9-29(35)20-28)27-16-18-37(19-17-27)21-26-22-38(23-26)30-14-12-25(2)13-15-30/h6,8-9,12-15,20,26-27,31-32H,5,7,10-11,16-19,21-24H2,1-4H3/t31-,32-,34+/m0/s1. The van der Waals surface area contributed by atoms with Crippen LogP contribution in [-0.4, -0.2) is 75.2 Å². The highest BCUT2D eigenvalue weighted by atomic mass is 19.1. The van der Waals surface area contributed by atoms with Crippen LogP contribution < -0.4 is 4.90 Å². The van der Waals surface area contributed by atoms with Crippen LogP contribution in [0, 0.1) is 30.5 Å². The smallest absolute Gasteiger partial charge is 0.305 e. The molecule has 6 heteroatoms. The number of likely N-dealkylation sites (tertiary alicyclic amines) is 1. The molecule has 5 nitrogen and oxygen atoms in total. The van der Waals surface area contributed by atoms with E-state index in [-0.39, 0.29) is 29.2 Å². The molecule has 2 heterocycles. The third-order valence-electron chi connectivity index (χ3n) is 9.81. The molecule has 3 atom stereocenters. The van der Waals surface area contributed by atoms with Gasteiger partial charge in [-0.1, -0.05) is 36.8 Å². The number of carbonyl (C=O) groups is 1. The van der Waals surface area contributed by atoms with E-state index < -0.39 is 0 Å². The maximum Gasteiger partial charge on any atom is 0.305 e. The van der Waals surface area contributed by atoms with Gasteiger partial charge in [0.1, 0.15) is 11.9 Å². The van der Waals surface area contributed by atoms with E-state index >= 15 is 0 Å². The van der Waals surface area contributed by atoms with Gasteiger partial charge in [0, 0.05) is 55.5 Å². The molecule has 0 unspecified atom stereocenters. The number of hydrogen-bond donors (Lipinski definition) is 0. The zero-order valence-corrected chi connectivity index (χ0v) is 24.9. The van der Waals surface area contributed by atoms with Crippen LogP contribution in [0.4, 0.5) is 10.1 Å². The molecule has 0 aromatic heterocycles. The van der Waals surface area contributed by atoms with E-state index in [0.29, 0.717) is 18.3 Å². The van der Waals surface area contributed by atoms with Crippen molar-refractivity contribution in [2.45, 2.75) is 63.9 Å². The molecule has 5 rings (SSSR count). The summed E-state index contributed by atoms with van der Waals surface area (Å²) in [5, 5.41) is 0. The summed E-state index contributed by atoms with van der Waals surface area (Å²) in [6, 6.07) is 16.2. The minimum Gasteiger partial charge on any atom is -0.462 e. The monoisotopic (exact) mass is 549 g/mol. The molecular formula is C34H48FN3O2. The minimum absolute atomic E-state index is 0.101. The van der Waals surface area contributed by atoms with Crippen molar-refractivity contribution in [2.75, 3.05) is 58.3 Å². The first-order chi connectivity index (χ1) is 19.3. The molecule has 40 heavy (non-hydrogen) atoms. The lowest BCUT2D eigenvalue weighted by atomic mass is 9.58. The van der Waals surface area contributed by atoms with Crippen molar-refractivity contribution in [3.8, 4) is 0 Å². The van der Waals surface area contributed by atoms with Crippen molar-refractivity contribution < 1.29 is 13.9 Å². The lowest BCUT2D eigenvalue weighted by molar-refractivity contribution is -0.152. The second-order valence-corrected chi connectivity index (χ2v) is 12.9. The van der Waals surface area contributed by atoms with Crippen molar-refractivity contribution in [1.82, 2.24) is 9.80 Å². The Morgan fingerprint density at radius 3 is 2.42 bits per heavy atom. The number of benzene rings is 2. The number of piperidine rings is 1. The van der Waals surface area contributed by atoms with Crippen molar-refractivity contribution >= 4 is 11.7 Å². The van der Waals surface area contributed by atoms with Crippen LogP contribution in [0.1, 0.15) is 56.6 Å². The fourth-order valence-electron chi connectivity index (χ4n) is 7.95. The van der Waals surface area contributed by atoms with Gasteiger partial charge in [-0.25, -0.2) is 4.39 Å². The Morgan fingerprint density at radius 1 is 1.05 bits per heavy atom. The fourth-order valence-corrected chi connectivity index (χ4v) is 7.95. The molecule has 0 spiro atoms. The molecule has 2 aliphatic heterocycles. The number of carbonyl (C=O) groups excluding carboxylic acids is 1. The number of anilines is 1. The predicted molar refractivity (Wildman–Crippen MR) is 160 cm³/mol. The van der Waals surface area contributed by atoms with Gasteiger partial charge in [0.15, 0.2) is 0 Å². The molecule has 0 radical (unpaired) electrons. The summed E-state index contributed by atoms with van der Waals surface area (Å²) in [5.41, 5.74) is 3.46. The summed E-state index contributed by atoms with van der Waals surface area (Å²) < 4.78 is 20.9. The van der Waals surface area contributed by atoms with Gasteiger partial charge < -0.3 is 19.4 Å². The van der Waals surface area contributed by atoms with Crippen LogP contribution in [0.2, 0.25) is 0 Å². The Hall–Kier alpha value is -2.44. The predicted octanol–water partition coefficient (Wildman–Crippen LogP) is 5.90. The van der Waals surface area contributed by atoms with Gasteiger partial charge in [-0.2, -0.15) is 0 Å². The maximum absolute atomic E-state index is 14.8. The highest BCUT2D eigenvalue weighted by Crippen LogP contribution is 2.51. The van der Waals surface area contributed by atoms with E-state index in [2.05, 4.69) is 66.1 Å². The Balaban J connectivity index is 1.31. The van der Waals surface area contributed by atoms with Gasteiger partial charge in [-0.05, 0) is 102 Å². The topological polar surface area (TPSA) is 36.0 Å². The third kappa shape index (κ3) is 6.23. The average molecular weight is 550 g/mol. The van der Waals surface area contributed by atoms with Crippen LogP contribution in [0.15, 0.2) is 48.5 Å². The molecule has 3 fully saturated rings. The molecule has 0 amide bonds. The first-order valence-electron chi connectivity index (χ1n) is 15.4. The third-order valence-corrected chi connectivity index (χ3v) is 9.81. The van der Waals surface area contributed by atoms with Gasteiger partial charge in [-0.3, -0.25) is 4.79 Å². The van der Waals surface area contributed by atoms with Crippen molar-refractivity contribution in [2.24, 2.45) is 17.8 Å². The van der Waals surface area contributed by atoms with E-state index in [0.717, 1.165) is 76.9 Å². The number of nitrogens with zero attached hydrogens (tertiary/aromatic N) is 3. The summed E-state index contributed by atoms with van der Waals surface area (Å²) in [6.45, 7) is 10.4. The quantitative estimate of drug-likeness (QED) is 0.345. The van der Waals surface area contributed by atoms with Gasteiger partial charge in [-0.15, -0.1) is 0 Å². The van der Waals surface area contributed by atoms with Gasteiger partial charge in [0.2, 0.25) is 0 Å². The van der Waals surface area contributed by atoms with Crippen LogP contribution in [0.5, 0.6) is 0 Å². The van der Waals surface area contributed by atoms with E-state index in [1.54, 1.807) is 12.1 Å². The number of ether oxygens (including phenoxy) is 1. The maximum atomic E-state index is 14.8. The molecule has 3 aliphatic rings. The number of aryl methyl sites for hydroxylation is 1. The Kier molecular flexibility index (Phi) is 9.16. The van der Waals surface area contributed by atoms with Gasteiger partial charge in [0.25, 0.3) is 0 Å². The summed E-state index contributed by atoms with van der Waals surface area (Å²) in [5.74, 6) is 1.01. The molecule has 2 aromatic carbocycles. The number of likely N-dealkylation sites (N-methyl/N-ethyl adjacent to an activating group) is 1. The van der Waals surface area contributed by atoms with Crippen LogP contribution in [-0.2, 0) is 14.9 Å². The first kappa shape index (κ1) is 29.1. The average Bonchev–Trinajstić information content (AvgIpc) is 3.38. The van der Waals surface area contributed by atoms with Crippen LogP contribution in [0.25, 0.3) is 0 Å². The molecule has 0 bridgehead atoms. The van der Waals surface area contributed by atoms with Crippen LogP contribution in [0.3, 0.4) is 0 Å². The SMILES string of the molecule is CCC(=O)O[C@H]1CCC[C@@H]1[C@@](CN(C)C)(c1cccc(F)c1)C1CCN(CC2CN(c3ccc(C)cc3)C2)CC1. The van der Waals surface area contributed by atoms with Crippen LogP contribution >= 0.6 is 0 Å². The normalized spacial score (nSPS) is 24.2. The second kappa shape index (κ2) is 12.6. The zero-order chi connectivity index (χ0) is 28.3. The highest BCUT2D eigenvalue weighted by Gasteiger charge is 2.53. The summed E-state index contributed by atoms with van der Waals surface area (Å²) in [7, 11) is 4.25. The Bertz CT molecular complexity index is 1120. The molecule has 218 valence electrons. The molecule has 1 aliphatic carbocycles. The minimum atomic E-state index is -0.258. The molecule has 0 N–H and O–H groups in total. The highest BCUT2D eigenvalue weighted by molar-refractivity contribution is 5.69. The van der Waals surface area contributed by atoms with Crippen molar-refractivity contribution in [3.05, 3.63) is 65.5 Å². The van der Waals surface area contributed by atoms with Crippen molar-refractivity contribution in [3.63, 3.8) is 0 Å². The Labute approximate surface area is 240 Å². The first-order valence-corrected chi connectivity index (χ1v) is 15.4. The fraction of sp³-hybridized carbons (Fsp3) is 0.618. The molecule has 2 saturated heterocycles. The summed E-state index contributed by atoms with van der Waals surface area (Å²) >= 11 is 0. The van der Waals surface area contributed by atoms with E-state index in [4.69, 9.17) is 4.74 Å². The zero-order valence-electron chi connectivity index (χ0n) is 24.9.